The highest BCUT2D eigenvalue weighted by atomic mass is 79.9. The van der Waals surface area contributed by atoms with Crippen LogP contribution in [-0.4, -0.2) is 11.1 Å². The lowest BCUT2D eigenvalue weighted by Gasteiger charge is -2.03. The number of hydrogen-bond acceptors (Lipinski definition) is 1. The summed E-state index contributed by atoms with van der Waals surface area (Å²) in [5.41, 5.74) is 0.867. The van der Waals surface area contributed by atoms with Gasteiger partial charge in [-0.1, -0.05) is 33.6 Å². The molecule has 0 radical (unpaired) electrons. The summed E-state index contributed by atoms with van der Waals surface area (Å²) in [6.45, 7) is 0. The maximum atomic E-state index is 10.7. The van der Waals surface area contributed by atoms with Gasteiger partial charge in [-0.3, -0.25) is 0 Å². The van der Waals surface area contributed by atoms with Crippen LogP contribution in [0.5, 0.6) is 0 Å². The Kier molecular flexibility index (Phi) is 3.12. The fraction of sp³-hybridized carbons (Fsp3) is 0.125. The van der Waals surface area contributed by atoms with Crippen LogP contribution in [0.2, 0.25) is 5.02 Å². The third-order valence-corrected chi connectivity index (χ3v) is 2.40. The number of benzene rings is 1. The normalized spacial score (nSPS) is 9.83. The first-order valence-electron chi connectivity index (χ1n) is 3.23. The molecule has 0 aliphatic rings. The molecule has 4 heteroatoms. The largest absolute Gasteiger partial charge is 0.478 e. The van der Waals surface area contributed by atoms with E-state index in [-0.39, 0.29) is 5.56 Å². The third-order valence-electron chi connectivity index (χ3n) is 1.48. The molecule has 0 heterocycles. The molecule has 1 aromatic carbocycles. The standard InChI is InChI=1S/C8H6BrClO2/c9-4-6-5(8(11)12)2-1-3-7(6)10/h1-3H,4H2,(H,11,12). The highest BCUT2D eigenvalue weighted by molar-refractivity contribution is 9.08. The monoisotopic (exact) mass is 248 g/mol. The molecule has 12 heavy (non-hydrogen) atoms. The molecular formula is C8H6BrClO2. The predicted octanol–water partition coefficient (Wildman–Crippen LogP) is 2.93. The van der Waals surface area contributed by atoms with Gasteiger partial charge in [-0.15, -0.1) is 0 Å². The Morgan fingerprint density at radius 3 is 2.67 bits per heavy atom. The number of hydrogen-bond donors (Lipinski definition) is 1. The molecule has 1 rings (SSSR count). The summed E-state index contributed by atoms with van der Waals surface area (Å²) < 4.78 is 0. The molecule has 0 atom stereocenters. The average molecular weight is 249 g/mol. The third kappa shape index (κ3) is 1.79. The zero-order valence-corrected chi connectivity index (χ0v) is 8.39. The van der Waals surface area contributed by atoms with Gasteiger partial charge in [-0.2, -0.15) is 0 Å². The minimum absolute atomic E-state index is 0.249. The molecule has 0 aromatic heterocycles. The summed E-state index contributed by atoms with van der Waals surface area (Å²) in [6, 6.07) is 4.83. The van der Waals surface area contributed by atoms with Crippen molar-refractivity contribution >= 4 is 33.5 Å². The Balaban J connectivity index is 3.27. The number of carbonyl (C=O) groups is 1. The maximum absolute atomic E-state index is 10.7. The number of rotatable bonds is 2. The molecular weight excluding hydrogens is 243 g/mol. The minimum Gasteiger partial charge on any atom is -0.478 e. The Hall–Kier alpha value is -0.540. The van der Waals surface area contributed by atoms with Crippen molar-refractivity contribution < 1.29 is 9.90 Å². The summed E-state index contributed by atoms with van der Waals surface area (Å²) in [5.74, 6) is -0.952. The second-order valence-corrected chi connectivity index (χ2v) is 3.17. The van der Waals surface area contributed by atoms with Gasteiger partial charge in [0.1, 0.15) is 0 Å². The predicted molar refractivity (Wildman–Crippen MR) is 51.0 cm³/mol. The van der Waals surface area contributed by atoms with E-state index in [0.717, 1.165) is 0 Å². The second kappa shape index (κ2) is 3.92. The van der Waals surface area contributed by atoms with Crippen LogP contribution in [0.25, 0.3) is 0 Å². The van der Waals surface area contributed by atoms with Gasteiger partial charge in [0.2, 0.25) is 0 Å². The lowest BCUT2D eigenvalue weighted by molar-refractivity contribution is 0.0696. The van der Waals surface area contributed by atoms with Gasteiger partial charge in [0, 0.05) is 10.4 Å². The van der Waals surface area contributed by atoms with Crippen LogP contribution in [0.15, 0.2) is 18.2 Å². The number of halogens is 2. The van der Waals surface area contributed by atoms with E-state index in [1.165, 1.54) is 6.07 Å². The van der Waals surface area contributed by atoms with Crippen LogP contribution >= 0.6 is 27.5 Å². The molecule has 0 aliphatic heterocycles. The Labute approximate surface area is 83.3 Å². The first kappa shape index (κ1) is 9.55. The molecule has 0 fully saturated rings. The van der Waals surface area contributed by atoms with Crippen molar-refractivity contribution in [2.75, 3.05) is 0 Å². The lowest BCUT2D eigenvalue weighted by Crippen LogP contribution is -2.00. The molecule has 1 aromatic rings. The molecule has 0 spiro atoms. The molecule has 0 saturated heterocycles. The summed E-state index contributed by atoms with van der Waals surface area (Å²) in [5, 5.41) is 9.67. The van der Waals surface area contributed by atoms with E-state index in [0.29, 0.717) is 15.9 Å². The number of alkyl halides is 1. The van der Waals surface area contributed by atoms with Crippen molar-refractivity contribution in [3.63, 3.8) is 0 Å². The fourth-order valence-electron chi connectivity index (χ4n) is 0.895. The highest BCUT2D eigenvalue weighted by Crippen LogP contribution is 2.22. The summed E-state index contributed by atoms with van der Waals surface area (Å²) in [4.78, 5) is 10.7. The van der Waals surface area contributed by atoms with Crippen molar-refractivity contribution in [2.45, 2.75) is 5.33 Å². The highest BCUT2D eigenvalue weighted by Gasteiger charge is 2.10. The number of carboxylic acid groups (broad SMARTS) is 1. The van der Waals surface area contributed by atoms with E-state index in [4.69, 9.17) is 16.7 Å². The Bertz CT molecular complexity index is 312. The maximum Gasteiger partial charge on any atom is 0.336 e. The molecule has 0 saturated carbocycles. The fourth-order valence-corrected chi connectivity index (χ4v) is 1.90. The Morgan fingerprint density at radius 2 is 2.25 bits per heavy atom. The second-order valence-electron chi connectivity index (χ2n) is 2.20. The van der Waals surface area contributed by atoms with Gasteiger partial charge in [0.05, 0.1) is 5.56 Å². The summed E-state index contributed by atoms with van der Waals surface area (Å²) in [6.07, 6.45) is 0. The van der Waals surface area contributed by atoms with Gasteiger partial charge in [0.15, 0.2) is 0 Å². The topological polar surface area (TPSA) is 37.3 Å². The number of carboxylic acids is 1. The molecule has 0 bridgehead atoms. The van der Waals surface area contributed by atoms with Gasteiger partial charge in [-0.25, -0.2) is 4.79 Å². The van der Waals surface area contributed by atoms with E-state index in [9.17, 15) is 4.79 Å². The van der Waals surface area contributed by atoms with Crippen molar-refractivity contribution in [1.29, 1.82) is 0 Å². The molecule has 0 amide bonds. The minimum atomic E-state index is -0.952. The van der Waals surface area contributed by atoms with E-state index in [1.807, 2.05) is 0 Å². The van der Waals surface area contributed by atoms with Crippen molar-refractivity contribution in [2.24, 2.45) is 0 Å². The average Bonchev–Trinajstić information content (AvgIpc) is 2.03. The van der Waals surface area contributed by atoms with E-state index >= 15 is 0 Å². The van der Waals surface area contributed by atoms with Crippen molar-refractivity contribution in [3.05, 3.63) is 34.3 Å². The van der Waals surface area contributed by atoms with Gasteiger partial charge in [0.25, 0.3) is 0 Å². The summed E-state index contributed by atoms with van der Waals surface area (Å²) in [7, 11) is 0. The van der Waals surface area contributed by atoms with Crippen molar-refractivity contribution in [3.8, 4) is 0 Å². The van der Waals surface area contributed by atoms with E-state index in [1.54, 1.807) is 12.1 Å². The molecule has 2 nitrogen and oxygen atoms in total. The summed E-state index contributed by atoms with van der Waals surface area (Å²) >= 11 is 8.96. The van der Waals surface area contributed by atoms with Crippen LogP contribution in [0.1, 0.15) is 15.9 Å². The smallest absolute Gasteiger partial charge is 0.336 e. The van der Waals surface area contributed by atoms with Gasteiger partial charge in [-0.05, 0) is 17.7 Å². The van der Waals surface area contributed by atoms with Crippen LogP contribution in [0.3, 0.4) is 0 Å². The van der Waals surface area contributed by atoms with Crippen LogP contribution < -0.4 is 0 Å². The van der Waals surface area contributed by atoms with E-state index < -0.39 is 5.97 Å². The lowest BCUT2D eigenvalue weighted by atomic mass is 10.1. The number of aromatic carboxylic acids is 1. The van der Waals surface area contributed by atoms with Gasteiger partial charge >= 0.3 is 5.97 Å². The quantitative estimate of drug-likeness (QED) is 0.818. The molecule has 1 N–H and O–H groups in total. The molecule has 64 valence electrons. The van der Waals surface area contributed by atoms with Crippen LogP contribution in [0.4, 0.5) is 0 Å². The van der Waals surface area contributed by atoms with Gasteiger partial charge < -0.3 is 5.11 Å². The first-order chi connectivity index (χ1) is 5.66. The van der Waals surface area contributed by atoms with Crippen molar-refractivity contribution in [1.82, 2.24) is 0 Å². The molecule has 0 aliphatic carbocycles. The van der Waals surface area contributed by atoms with Crippen LogP contribution in [0, 0.1) is 0 Å². The first-order valence-corrected chi connectivity index (χ1v) is 4.73. The Morgan fingerprint density at radius 1 is 1.58 bits per heavy atom. The molecule has 0 unspecified atom stereocenters. The van der Waals surface area contributed by atoms with E-state index in [2.05, 4.69) is 15.9 Å². The SMILES string of the molecule is O=C(O)c1cccc(Cl)c1CBr. The zero-order chi connectivity index (χ0) is 9.14. The van der Waals surface area contributed by atoms with Crippen LogP contribution in [-0.2, 0) is 5.33 Å². The zero-order valence-electron chi connectivity index (χ0n) is 6.05.